The number of amides is 1. The predicted octanol–water partition coefficient (Wildman–Crippen LogP) is 0.783. The summed E-state index contributed by atoms with van der Waals surface area (Å²) in [6, 6.07) is 0.471. The summed E-state index contributed by atoms with van der Waals surface area (Å²) in [6.07, 6.45) is 1.16. The molecule has 1 saturated heterocycles. The fraction of sp³-hybridized carbons (Fsp3) is 0.923. The maximum atomic E-state index is 12.2. The van der Waals surface area contributed by atoms with Crippen LogP contribution in [0.3, 0.4) is 0 Å². The molecule has 0 saturated carbocycles. The van der Waals surface area contributed by atoms with Crippen LogP contribution in [0.1, 0.15) is 27.2 Å². The smallest absolute Gasteiger partial charge is 0.240 e. The molecule has 0 aliphatic carbocycles. The molecule has 3 unspecified atom stereocenters. The fourth-order valence-electron chi connectivity index (χ4n) is 2.40. The maximum Gasteiger partial charge on any atom is 0.240 e. The molecule has 1 heterocycles. The van der Waals surface area contributed by atoms with E-state index in [0.717, 1.165) is 26.1 Å². The number of rotatable bonds is 4. The molecule has 0 bridgehead atoms. The molecule has 3 atom stereocenters. The first-order valence-electron chi connectivity index (χ1n) is 6.66. The lowest BCUT2D eigenvalue weighted by atomic mass is 9.96. The molecule has 0 aromatic carbocycles. The van der Waals surface area contributed by atoms with Gasteiger partial charge in [0.05, 0.1) is 0 Å². The van der Waals surface area contributed by atoms with Gasteiger partial charge in [-0.3, -0.25) is 9.69 Å². The third kappa shape index (κ3) is 3.42. The van der Waals surface area contributed by atoms with E-state index in [-0.39, 0.29) is 11.9 Å². The highest BCUT2D eigenvalue weighted by Crippen LogP contribution is 2.18. The van der Waals surface area contributed by atoms with Crippen molar-refractivity contribution in [3.8, 4) is 0 Å². The molecule has 0 aromatic heterocycles. The third-order valence-electron chi connectivity index (χ3n) is 4.00. The van der Waals surface area contributed by atoms with Gasteiger partial charge in [0.25, 0.3) is 0 Å². The van der Waals surface area contributed by atoms with E-state index in [1.807, 2.05) is 14.1 Å². The number of hydrogen-bond donors (Lipinski definition) is 1. The van der Waals surface area contributed by atoms with Crippen LogP contribution in [0.4, 0.5) is 0 Å². The Kier molecular flexibility index (Phi) is 5.40. The van der Waals surface area contributed by atoms with E-state index >= 15 is 0 Å². The van der Waals surface area contributed by atoms with Crippen molar-refractivity contribution in [3.05, 3.63) is 0 Å². The quantitative estimate of drug-likeness (QED) is 0.790. The first-order chi connectivity index (χ1) is 7.99. The molecule has 1 fully saturated rings. The van der Waals surface area contributed by atoms with E-state index in [1.54, 1.807) is 4.90 Å². The van der Waals surface area contributed by atoms with Crippen LogP contribution < -0.4 is 5.32 Å². The Morgan fingerprint density at radius 1 is 1.47 bits per heavy atom. The summed E-state index contributed by atoms with van der Waals surface area (Å²) in [7, 11) is 3.67. The molecule has 1 aliphatic heterocycles. The van der Waals surface area contributed by atoms with Crippen LogP contribution in [-0.2, 0) is 4.79 Å². The van der Waals surface area contributed by atoms with Gasteiger partial charge in [-0.05, 0) is 12.8 Å². The minimum atomic E-state index is 0.00255. The lowest BCUT2D eigenvalue weighted by Gasteiger charge is -2.42. The van der Waals surface area contributed by atoms with Gasteiger partial charge >= 0.3 is 0 Å². The van der Waals surface area contributed by atoms with Gasteiger partial charge < -0.3 is 10.2 Å². The van der Waals surface area contributed by atoms with Crippen LogP contribution in [0, 0.1) is 5.92 Å². The lowest BCUT2D eigenvalue weighted by molar-refractivity contribution is -0.136. The second kappa shape index (κ2) is 6.36. The molecule has 1 amide bonds. The van der Waals surface area contributed by atoms with Crippen molar-refractivity contribution in [2.24, 2.45) is 5.92 Å². The summed E-state index contributed by atoms with van der Waals surface area (Å²) in [4.78, 5) is 16.2. The van der Waals surface area contributed by atoms with E-state index in [0.29, 0.717) is 12.0 Å². The second-order valence-corrected chi connectivity index (χ2v) is 5.32. The Bertz CT molecular complexity index is 255. The van der Waals surface area contributed by atoms with Crippen molar-refractivity contribution in [2.45, 2.75) is 39.3 Å². The number of hydrogen-bond acceptors (Lipinski definition) is 3. The Morgan fingerprint density at radius 2 is 2.12 bits per heavy atom. The summed E-state index contributed by atoms with van der Waals surface area (Å²) in [5.74, 6) is 0.845. The summed E-state index contributed by atoms with van der Waals surface area (Å²) < 4.78 is 0. The van der Waals surface area contributed by atoms with E-state index in [4.69, 9.17) is 0 Å². The number of piperazine rings is 1. The van der Waals surface area contributed by atoms with Crippen molar-refractivity contribution >= 4 is 5.91 Å². The SMILES string of the molecule is CCC(C)C(C)N1CCNCC1C(=O)N(C)C. The summed E-state index contributed by atoms with van der Waals surface area (Å²) in [6.45, 7) is 9.46. The summed E-state index contributed by atoms with van der Waals surface area (Å²) in [5, 5.41) is 3.32. The van der Waals surface area contributed by atoms with Crippen LogP contribution >= 0.6 is 0 Å². The van der Waals surface area contributed by atoms with Gasteiger partial charge in [0.2, 0.25) is 5.91 Å². The van der Waals surface area contributed by atoms with E-state index in [2.05, 4.69) is 31.0 Å². The zero-order chi connectivity index (χ0) is 13.0. The minimum Gasteiger partial charge on any atom is -0.347 e. The molecular weight excluding hydrogens is 214 g/mol. The number of likely N-dealkylation sites (N-methyl/N-ethyl adjacent to an activating group) is 1. The predicted molar refractivity (Wildman–Crippen MR) is 71.0 cm³/mol. The molecule has 4 nitrogen and oxygen atoms in total. The molecule has 0 spiro atoms. The Hall–Kier alpha value is -0.610. The van der Waals surface area contributed by atoms with Gasteiger partial charge in [0.1, 0.15) is 6.04 Å². The Balaban J connectivity index is 2.75. The number of carbonyl (C=O) groups is 1. The largest absolute Gasteiger partial charge is 0.347 e. The Labute approximate surface area is 105 Å². The van der Waals surface area contributed by atoms with Gasteiger partial charge in [0, 0.05) is 39.8 Å². The second-order valence-electron chi connectivity index (χ2n) is 5.32. The zero-order valence-electron chi connectivity index (χ0n) is 11.9. The highest BCUT2D eigenvalue weighted by Gasteiger charge is 2.33. The summed E-state index contributed by atoms with van der Waals surface area (Å²) >= 11 is 0. The molecule has 0 aromatic rings. The monoisotopic (exact) mass is 241 g/mol. The number of nitrogens with zero attached hydrogens (tertiary/aromatic N) is 2. The average molecular weight is 241 g/mol. The van der Waals surface area contributed by atoms with Gasteiger partial charge in [0.15, 0.2) is 0 Å². The van der Waals surface area contributed by atoms with Crippen LogP contribution in [0.2, 0.25) is 0 Å². The molecule has 4 heteroatoms. The Morgan fingerprint density at radius 3 is 2.65 bits per heavy atom. The van der Waals surface area contributed by atoms with Crippen LogP contribution in [0.25, 0.3) is 0 Å². The number of nitrogens with one attached hydrogen (secondary N) is 1. The van der Waals surface area contributed by atoms with Crippen LogP contribution in [0.15, 0.2) is 0 Å². The molecule has 0 radical (unpaired) electrons. The van der Waals surface area contributed by atoms with Crippen molar-refractivity contribution in [3.63, 3.8) is 0 Å². The van der Waals surface area contributed by atoms with Crippen molar-refractivity contribution in [1.29, 1.82) is 0 Å². The molecule has 1 aliphatic rings. The third-order valence-corrected chi connectivity index (χ3v) is 4.00. The van der Waals surface area contributed by atoms with Crippen LogP contribution in [-0.4, -0.2) is 61.5 Å². The zero-order valence-corrected chi connectivity index (χ0v) is 11.9. The van der Waals surface area contributed by atoms with E-state index < -0.39 is 0 Å². The number of carbonyl (C=O) groups excluding carboxylic acids is 1. The van der Waals surface area contributed by atoms with Crippen molar-refractivity contribution < 1.29 is 4.79 Å². The standard InChI is InChI=1S/C13H27N3O/c1-6-10(2)11(3)16-8-7-14-9-12(16)13(17)15(4)5/h10-12,14H,6-9H2,1-5H3. The van der Waals surface area contributed by atoms with Gasteiger partial charge in [-0.15, -0.1) is 0 Å². The van der Waals surface area contributed by atoms with Crippen LogP contribution in [0.5, 0.6) is 0 Å². The van der Waals surface area contributed by atoms with E-state index in [1.165, 1.54) is 0 Å². The average Bonchev–Trinajstić information content (AvgIpc) is 2.35. The minimum absolute atomic E-state index is 0.00255. The molecule has 1 rings (SSSR count). The molecule has 17 heavy (non-hydrogen) atoms. The van der Waals surface area contributed by atoms with Gasteiger partial charge in [-0.25, -0.2) is 0 Å². The highest BCUT2D eigenvalue weighted by molar-refractivity contribution is 5.81. The van der Waals surface area contributed by atoms with Gasteiger partial charge in [-0.1, -0.05) is 20.3 Å². The summed E-state index contributed by atoms with van der Waals surface area (Å²) in [5.41, 5.74) is 0. The molecular formula is C13H27N3O. The van der Waals surface area contributed by atoms with Gasteiger partial charge in [-0.2, -0.15) is 0 Å². The normalized spacial score (nSPS) is 25.4. The van der Waals surface area contributed by atoms with Crippen molar-refractivity contribution in [2.75, 3.05) is 33.7 Å². The first-order valence-corrected chi connectivity index (χ1v) is 6.66. The maximum absolute atomic E-state index is 12.2. The lowest BCUT2D eigenvalue weighted by Crippen LogP contribution is -2.60. The first kappa shape index (κ1) is 14.5. The molecule has 1 N–H and O–H groups in total. The van der Waals surface area contributed by atoms with E-state index in [9.17, 15) is 4.79 Å². The van der Waals surface area contributed by atoms with Crippen molar-refractivity contribution in [1.82, 2.24) is 15.1 Å². The topological polar surface area (TPSA) is 35.6 Å². The highest BCUT2D eigenvalue weighted by atomic mass is 16.2. The fourth-order valence-corrected chi connectivity index (χ4v) is 2.40. The molecule has 100 valence electrons.